The predicted molar refractivity (Wildman–Crippen MR) is 137 cm³/mol. The van der Waals surface area contributed by atoms with Crippen LogP contribution in [0, 0.1) is 5.21 Å². The number of benzene rings is 3. The Balaban J connectivity index is 1.14. The number of carbonyl (C=O) groups is 1. The Kier molecular flexibility index (Phi) is 7.02. The second kappa shape index (κ2) is 10.7. The highest BCUT2D eigenvalue weighted by molar-refractivity contribution is 5.94. The van der Waals surface area contributed by atoms with Gasteiger partial charge in [0.05, 0.1) is 5.52 Å². The Morgan fingerprint density at radius 2 is 1.66 bits per heavy atom. The van der Waals surface area contributed by atoms with Crippen LogP contribution in [0.1, 0.15) is 34.3 Å². The van der Waals surface area contributed by atoms with Gasteiger partial charge in [0.1, 0.15) is 12.4 Å². The van der Waals surface area contributed by atoms with Crippen LogP contribution < -0.4 is 4.74 Å². The van der Waals surface area contributed by atoms with E-state index in [2.05, 4.69) is 22.0 Å². The number of likely N-dealkylation sites (tertiary alicyclic amines) is 1. The number of aromatic nitrogens is 1. The summed E-state index contributed by atoms with van der Waals surface area (Å²) in [5.41, 5.74) is 3.62. The molecule has 1 saturated heterocycles. The zero-order valence-electron chi connectivity index (χ0n) is 19.5. The van der Waals surface area contributed by atoms with Crippen LogP contribution in [0.25, 0.3) is 10.9 Å². The lowest BCUT2D eigenvalue weighted by Crippen LogP contribution is -2.44. The molecule has 0 bridgehead atoms. The first kappa shape index (κ1) is 23.0. The number of fused-ring (bicyclic) bond motifs is 1. The molecule has 0 unspecified atom stereocenters. The van der Waals surface area contributed by atoms with Crippen molar-refractivity contribution in [1.29, 1.82) is 0 Å². The molecule has 0 spiro atoms. The summed E-state index contributed by atoms with van der Waals surface area (Å²) in [6, 6.07) is 26.7. The van der Waals surface area contributed by atoms with Gasteiger partial charge in [-0.05, 0) is 54.8 Å². The fourth-order valence-electron chi connectivity index (χ4n) is 4.58. The Hall–Kier alpha value is -3.74. The van der Waals surface area contributed by atoms with E-state index in [1.54, 1.807) is 30.5 Å². The van der Waals surface area contributed by atoms with Gasteiger partial charge in [0.15, 0.2) is 0 Å². The van der Waals surface area contributed by atoms with E-state index in [4.69, 9.17) is 4.74 Å². The number of ether oxygens (including phenoxy) is 1. The topological polar surface area (TPSA) is 68.7 Å². The largest absolute Gasteiger partial charge is 0.756 e. The predicted octanol–water partition coefficient (Wildman–Crippen LogP) is 5.42. The van der Waals surface area contributed by atoms with Gasteiger partial charge in [0, 0.05) is 48.4 Å². The molecular formula is C29H28N3O3-. The molecule has 0 saturated carbocycles. The third-order valence-corrected chi connectivity index (χ3v) is 6.57. The lowest BCUT2D eigenvalue weighted by atomic mass is 10.0. The lowest BCUT2D eigenvalue weighted by molar-refractivity contribution is 0.0686. The van der Waals surface area contributed by atoms with Gasteiger partial charge >= 0.3 is 0 Å². The number of hydroxylamine groups is 2. The first-order valence-corrected chi connectivity index (χ1v) is 12.0. The highest BCUT2D eigenvalue weighted by Gasteiger charge is 2.23. The van der Waals surface area contributed by atoms with Gasteiger partial charge in [-0.2, -0.15) is 0 Å². The Morgan fingerprint density at radius 1 is 0.943 bits per heavy atom. The van der Waals surface area contributed by atoms with Crippen LogP contribution in [0.15, 0.2) is 91.1 Å². The summed E-state index contributed by atoms with van der Waals surface area (Å²) in [7, 11) is 0. The number of nitrogens with zero attached hydrogens (tertiary/aromatic N) is 3. The minimum Gasteiger partial charge on any atom is -0.756 e. The lowest BCUT2D eigenvalue weighted by Gasteiger charge is -2.42. The standard InChI is InChI=1S/C29H28N3O3/c33-29(32(34)25-15-18-31(19-16-25)20-22-6-2-1-3-7-22)23-10-12-26(13-11-23)35-21-24-14-17-30-28-9-5-4-8-27(24)28/h1-14,17,25H,15-16,18-21H2/q-1. The Bertz CT molecular complexity index is 1260. The maximum atomic E-state index is 12.8. The molecule has 1 aliphatic rings. The van der Waals surface area contributed by atoms with Crippen molar-refractivity contribution in [3.8, 4) is 5.75 Å². The smallest absolute Gasteiger partial charge is 0.243 e. The molecule has 0 N–H and O–H groups in total. The summed E-state index contributed by atoms with van der Waals surface area (Å²) >= 11 is 0. The number of pyridine rings is 1. The summed E-state index contributed by atoms with van der Waals surface area (Å²) in [6.07, 6.45) is 3.14. The van der Waals surface area contributed by atoms with Crippen molar-refractivity contribution in [1.82, 2.24) is 14.9 Å². The molecule has 6 heteroatoms. The average molecular weight is 467 g/mol. The monoisotopic (exact) mass is 466 g/mol. The number of hydrogen-bond donors (Lipinski definition) is 0. The molecule has 4 aromatic rings. The summed E-state index contributed by atoms with van der Waals surface area (Å²) < 4.78 is 5.94. The quantitative estimate of drug-likeness (QED) is 0.340. The van der Waals surface area contributed by atoms with Crippen molar-refractivity contribution in [3.05, 3.63) is 113 Å². The molecular weight excluding hydrogens is 438 g/mol. The van der Waals surface area contributed by atoms with E-state index < -0.39 is 5.91 Å². The van der Waals surface area contributed by atoms with Crippen molar-refractivity contribution in [2.45, 2.75) is 32.0 Å². The van der Waals surface area contributed by atoms with Crippen LogP contribution in [0.3, 0.4) is 0 Å². The van der Waals surface area contributed by atoms with Crippen molar-refractivity contribution in [2.24, 2.45) is 0 Å². The number of hydrogen-bond acceptors (Lipinski definition) is 5. The van der Waals surface area contributed by atoms with Gasteiger partial charge in [0.25, 0.3) is 0 Å². The first-order chi connectivity index (χ1) is 17.2. The third kappa shape index (κ3) is 5.50. The van der Waals surface area contributed by atoms with Crippen LogP contribution in [0.2, 0.25) is 0 Å². The number of carbonyl (C=O) groups excluding carboxylic acids is 1. The SMILES string of the molecule is O=C(c1ccc(OCc2ccnc3ccccc23)cc1)N([O-])C1CCN(Cc2ccccc2)CC1. The normalized spacial score (nSPS) is 14.7. The van der Waals surface area contributed by atoms with Crippen LogP contribution in [-0.4, -0.2) is 40.0 Å². The minimum atomic E-state index is -0.488. The Morgan fingerprint density at radius 3 is 2.43 bits per heavy atom. The van der Waals surface area contributed by atoms with Crippen molar-refractivity contribution in [3.63, 3.8) is 0 Å². The fourth-order valence-corrected chi connectivity index (χ4v) is 4.58. The van der Waals surface area contributed by atoms with Crippen LogP contribution >= 0.6 is 0 Å². The number of amides is 1. The molecule has 0 radical (unpaired) electrons. The molecule has 35 heavy (non-hydrogen) atoms. The average Bonchev–Trinajstić information content (AvgIpc) is 2.92. The van der Waals surface area contributed by atoms with Gasteiger partial charge in [0.2, 0.25) is 5.91 Å². The number of rotatable bonds is 7. The molecule has 0 atom stereocenters. The van der Waals surface area contributed by atoms with Crippen molar-refractivity contribution >= 4 is 16.8 Å². The van der Waals surface area contributed by atoms with E-state index in [-0.39, 0.29) is 6.04 Å². The van der Waals surface area contributed by atoms with Gasteiger partial charge in [-0.3, -0.25) is 14.7 Å². The zero-order chi connectivity index (χ0) is 24.0. The maximum Gasteiger partial charge on any atom is 0.243 e. The van der Waals surface area contributed by atoms with E-state index in [1.165, 1.54) is 5.56 Å². The molecule has 3 aromatic carbocycles. The fraction of sp³-hybridized carbons (Fsp3) is 0.241. The second-order valence-corrected chi connectivity index (χ2v) is 8.92. The third-order valence-electron chi connectivity index (χ3n) is 6.57. The molecule has 0 aliphatic carbocycles. The van der Waals surface area contributed by atoms with Gasteiger partial charge in [-0.15, -0.1) is 0 Å². The summed E-state index contributed by atoms with van der Waals surface area (Å²) in [5, 5.41) is 14.5. The van der Waals surface area contributed by atoms with Crippen LogP contribution in [0.4, 0.5) is 0 Å². The zero-order valence-corrected chi connectivity index (χ0v) is 19.5. The summed E-state index contributed by atoms with van der Waals surface area (Å²) in [5.74, 6) is 0.160. The van der Waals surface area contributed by atoms with E-state index in [0.717, 1.165) is 36.1 Å². The van der Waals surface area contributed by atoms with Crippen LogP contribution in [0.5, 0.6) is 5.75 Å². The molecule has 1 aliphatic heterocycles. The van der Waals surface area contributed by atoms with Crippen molar-refractivity contribution < 1.29 is 9.53 Å². The number of piperidine rings is 1. The van der Waals surface area contributed by atoms with Crippen LogP contribution in [-0.2, 0) is 13.2 Å². The molecule has 178 valence electrons. The molecule has 2 heterocycles. The molecule has 1 amide bonds. The van der Waals surface area contributed by atoms with Crippen molar-refractivity contribution in [2.75, 3.05) is 13.1 Å². The highest BCUT2D eigenvalue weighted by atomic mass is 16.5. The summed E-state index contributed by atoms with van der Waals surface area (Å²) in [4.78, 5) is 19.5. The van der Waals surface area contributed by atoms with E-state index >= 15 is 0 Å². The van der Waals surface area contributed by atoms with Gasteiger partial charge < -0.3 is 15.0 Å². The van der Waals surface area contributed by atoms with E-state index in [0.29, 0.717) is 35.8 Å². The molecule has 1 aromatic heterocycles. The number of para-hydroxylation sites is 1. The van der Waals surface area contributed by atoms with Gasteiger partial charge in [-0.1, -0.05) is 48.5 Å². The molecule has 1 fully saturated rings. The second-order valence-electron chi connectivity index (χ2n) is 8.92. The molecule has 6 nitrogen and oxygen atoms in total. The Labute approximate surface area is 205 Å². The van der Waals surface area contributed by atoms with E-state index in [1.807, 2.05) is 48.5 Å². The van der Waals surface area contributed by atoms with Gasteiger partial charge in [-0.25, -0.2) is 0 Å². The highest BCUT2D eigenvalue weighted by Crippen LogP contribution is 2.22. The minimum absolute atomic E-state index is 0.287. The molecule has 5 rings (SSSR count). The first-order valence-electron chi connectivity index (χ1n) is 12.0. The van der Waals surface area contributed by atoms with E-state index in [9.17, 15) is 10.0 Å². The maximum absolute atomic E-state index is 12.8. The summed E-state index contributed by atoms with van der Waals surface area (Å²) in [6.45, 7) is 2.88.